The van der Waals surface area contributed by atoms with Crippen molar-refractivity contribution >= 4 is 10.8 Å². The van der Waals surface area contributed by atoms with Crippen LogP contribution < -0.4 is 10.3 Å². The molecule has 0 unspecified atom stereocenters. The average molecular weight is 211 g/mol. The van der Waals surface area contributed by atoms with Crippen molar-refractivity contribution in [3.8, 4) is 5.75 Å². The van der Waals surface area contributed by atoms with Gasteiger partial charge in [0.05, 0.1) is 5.39 Å². The van der Waals surface area contributed by atoms with Gasteiger partial charge in [-0.15, -0.1) is 0 Å². The predicted molar refractivity (Wildman–Crippen MR) is 51.2 cm³/mol. The Hall–Kier alpha value is -1.91. The quantitative estimate of drug-likeness (QED) is 0.826. The summed E-state index contributed by atoms with van der Waals surface area (Å²) in [6.07, 6.45) is 1.14. The highest BCUT2D eigenvalue weighted by atomic mass is 19.3. The maximum absolute atomic E-state index is 12.0. The molecule has 0 fully saturated rings. The Morgan fingerprint density at radius 1 is 1.20 bits per heavy atom. The number of benzene rings is 1. The number of ether oxygens (including phenoxy) is 1. The van der Waals surface area contributed by atoms with Gasteiger partial charge in [-0.05, 0) is 6.07 Å². The first-order chi connectivity index (χ1) is 7.18. The van der Waals surface area contributed by atoms with Crippen LogP contribution in [-0.4, -0.2) is 11.6 Å². The van der Waals surface area contributed by atoms with E-state index in [1.165, 1.54) is 0 Å². The summed E-state index contributed by atoms with van der Waals surface area (Å²) in [5.74, 6) is -0.0276. The van der Waals surface area contributed by atoms with Crippen LogP contribution in [-0.2, 0) is 0 Å². The summed E-state index contributed by atoms with van der Waals surface area (Å²) >= 11 is 0. The van der Waals surface area contributed by atoms with E-state index < -0.39 is 6.61 Å². The number of hydrogen-bond donors (Lipinski definition) is 1. The number of pyridine rings is 1. The minimum atomic E-state index is -2.90. The molecule has 0 aliphatic heterocycles. The molecule has 1 aromatic heterocycles. The SMILES string of the molecule is O=c1[nH]cc(OC(F)F)c2ccccc12. The highest BCUT2D eigenvalue weighted by molar-refractivity contribution is 5.86. The number of alkyl halides is 2. The Morgan fingerprint density at radius 2 is 1.87 bits per heavy atom. The number of aromatic nitrogens is 1. The Balaban J connectivity index is 2.66. The molecule has 2 aromatic rings. The highest BCUT2D eigenvalue weighted by Crippen LogP contribution is 2.22. The standard InChI is InChI=1S/C10H7F2NO2/c11-10(12)15-8-5-13-9(14)7-4-2-1-3-6(7)8/h1-5,10H,(H,13,14). The van der Waals surface area contributed by atoms with Crippen molar-refractivity contribution in [2.24, 2.45) is 0 Å². The summed E-state index contributed by atoms with van der Waals surface area (Å²) in [6, 6.07) is 6.42. The molecule has 1 aromatic carbocycles. The molecule has 78 valence electrons. The van der Waals surface area contributed by atoms with Crippen molar-refractivity contribution in [1.29, 1.82) is 0 Å². The van der Waals surface area contributed by atoms with E-state index in [1.807, 2.05) is 0 Å². The molecule has 0 saturated carbocycles. The second-order valence-electron chi connectivity index (χ2n) is 2.91. The lowest BCUT2D eigenvalue weighted by Gasteiger charge is -2.06. The lowest BCUT2D eigenvalue weighted by Crippen LogP contribution is -2.09. The van der Waals surface area contributed by atoms with Gasteiger partial charge in [-0.2, -0.15) is 8.78 Å². The van der Waals surface area contributed by atoms with Crippen LogP contribution in [0.5, 0.6) is 5.75 Å². The molecular weight excluding hydrogens is 204 g/mol. The fourth-order valence-corrected chi connectivity index (χ4v) is 1.38. The van der Waals surface area contributed by atoms with Crippen LogP contribution in [0, 0.1) is 0 Å². The molecule has 0 spiro atoms. The summed E-state index contributed by atoms with van der Waals surface area (Å²) in [5.41, 5.74) is -0.327. The van der Waals surface area contributed by atoms with Crippen LogP contribution in [0.2, 0.25) is 0 Å². The third kappa shape index (κ3) is 1.81. The normalized spacial score (nSPS) is 10.9. The number of halogens is 2. The van der Waals surface area contributed by atoms with Gasteiger partial charge in [0.25, 0.3) is 5.56 Å². The van der Waals surface area contributed by atoms with Crippen LogP contribution in [0.25, 0.3) is 10.8 Å². The lowest BCUT2D eigenvalue weighted by atomic mass is 10.1. The van der Waals surface area contributed by atoms with Crippen molar-refractivity contribution in [2.45, 2.75) is 6.61 Å². The maximum atomic E-state index is 12.0. The van der Waals surface area contributed by atoms with E-state index >= 15 is 0 Å². The average Bonchev–Trinajstić information content (AvgIpc) is 2.22. The van der Waals surface area contributed by atoms with E-state index in [0.29, 0.717) is 10.8 Å². The monoisotopic (exact) mass is 211 g/mol. The summed E-state index contributed by atoms with van der Waals surface area (Å²) in [5, 5.41) is 0.706. The summed E-state index contributed by atoms with van der Waals surface area (Å²) in [6.45, 7) is -2.90. The van der Waals surface area contributed by atoms with Crippen molar-refractivity contribution in [1.82, 2.24) is 4.98 Å². The first-order valence-electron chi connectivity index (χ1n) is 4.24. The topological polar surface area (TPSA) is 42.1 Å². The van der Waals surface area contributed by atoms with Gasteiger partial charge in [0, 0.05) is 11.6 Å². The van der Waals surface area contributed by atoms with Gasteiger partial charge >= 0.3 is 6.61 Å². The number of fused-ring (bicyclic) bond motifs is 1. The second kappa shape index (κ2) is 3.68. The number of hydrogen-bond acceptors (Lipinski definition) is 2. The van der Waals surface area contributed by atoms with Gasteiger partial charge < -0.3 is 9.72 Å². The molecule has 0 aliphatic carbocycles. The molecule has 15 heavy (non-hydrogen) atoms. The Kier molecular flexibility index (Phi) is 2.37. The third-order valence-electron chi connectivity index (χ3n) is 1.99. The highest BCUT2D eigenvalue weighted by Gasteiger charge is 2.09. The molecule has 0 bridgehead atoms. The van der Waals surface area contributed by atoms with E-state index in [1.54, 1.807) is 24.3 Å². The van der Waals surface area contributed by atoms with E-state index in [-0.39, 0.29) is 11.3 Å². The molecule has 1 N–H and O–H groups in total. The number of rotatable bonds is 2. The van der Waals surface area contributed by atoms with Crippen molar-refractivity contribution in [3.63, 3.8) is 0 Å². The molecule has 0 radical (unpaired) electrons. The van der Waals surface area contributed by atoms with Gasteiger partial charge in [-0.1, -0.05) is 18.2 Å². The number of H-pyrrole nitrogens is 1. The summed E-state index contributed by atoms with van der Waals surface area (Å²) < 4.78 is 28.3. The molecular formula is C10H7F2NO2. The van der Waals surface area contributed by atoms with Gasteiger partial charge in [-0.3, -0.25) is 4.79 Å². The molecule has 1 heterocycles. The van der Waals surface area contributed by atoms with Gasteiger partial charge in [0.15, 0.2) is 0 Å². The molecule has 0 amide bonds. The van der Waals surface area contributed by atoms with Crippen molar-refractivity contribution < 1.29 is 13.5 Å². The predicted octanol–water partition coefficient (Wildman–Crippen LogP) is 2.13. The van der Waals surface area contributed by atoms with E-state index in [9.17, 15) is 13.6 Å². The van der Waals surface area contributed by atoms with Crippen molar-refractivity contribution in [3.05, 3.63) is 40.8 Å². The Morgan fingerprint density at radius 3 is 2.53 bits per heavy atom. The van der Waals surface area contributed by atoms with E-state index in [0.717, 1.165) is 6.20 Å². The maximum Gasteiger partial charge on any atom is 0.387 e. The summed E-state index contributed by atoms with van der Waals surface area (Å²) in [7, 11) is 0. The smallest absolute Gasteiger partial charge is 0.387 e. The summed E-state index contributed by atoms with van der Waals surface area (Å²) in [4.78, 5) is 13.7. The second-order valence-corrected chi connectivity index (χ2v) is 2.91. The van der Waals surface area contributed by atoms with Crippen LogP contribution in [0.1, 0.15) is 0 Å². The molecule has 0 saturated heterocycles. The molecule has 3 nitrogen and oxygen atoms in total. The van der Waals surface area contributed by atoms with Crippen LogP contribution >= 0.6 is 0 Å². The zero-order valence-electron chi connectivity index (χ0n) is 7.54. The molecule has 0 atom stereocenters. The number of aromatic amines is 1. The lowest BCUT2D eigenvalue weighted by molar-refractivity contribution is -0.0490. The largest absolute Gasteiger partial charge is 0.433 e. The van der Waals surface area contributed by atoms with Gasteiger partial charge in [0.2, 0.25) is 0 Å². The molecule has 2 rings (SSSR count). The van der Waals surface area contributed by atoms with E-state index in [4.69, 9.17) is 0 Å². The minimum Gasteiger partial charge on any atom is -0.433 e. The first kappa shape index (κ1) is 9.64. The Bertz CT molecular complexity index is 536. The number of nitrogens with one attached hydrogen (secondary N) is 1. The first-order valence-corrected chi connectivity index (χ1v) is 4.24. The zero-order valence-corrected chi connectivity index (χ0v) is 7.54. The fraction of sp³-hybridized carbons (Fsp3) is 0.100. The van der Waals surface area contributed by atoms with Crippen LogP contribution in [0.4, 0.5) is 8.78 Å². The zero-order chi connectivity index (χ0) is 10.8. The minimum absolute atomic E-state index is 0.0276. The van der Waals surface area contributed by atoms with Gasteiger partial charge in [0.1, 0.15) is 5.75 Å². The van der Waals surface area contributed by atoms with Gasteiger partial charge in [-0.25, -0.2) is 0 Å². The van der Waals surface area contributed by atoms with Crippen LogP contribution in [0.3, 0.4) is 0 Å². The third-order valence-corrected chi connectivity index (χ3v) is 1.99. The fourth-order valence-electron chi connectivity index (χ4n) is 1.38. The molecule has 5 heteroatoms. The Labute approximate surface area is 83.3 Å². The van der Waals surface area contributed by atoms with Crippen molar-refractivity contribution in [2.75, 3.05) is 0 Å². The molecule has 0 aliphatic rings. The van der Waals surface area contributed by atoms with E-state index in [2.05, 4.69) is 9.72 Å². The van der Waals surface area contributed by atoms with Crippen LogP contribution in [0.15, 0.2) is 35.3 Å².